The highest BCUT2D eigenvalue weighted by molar-refractivity contribution is 6.30. The Morgan fingerprint density at radius 2 is 2.04 bits per heavy atom. The summed E-state index contributed by atoms with van der Waals surface area (Å²) >= 11 is 5.69. The van der Waals surface area contributed by atoms with Crippen LogP contribution in [0.1, 0.15) is 23.2 Å². The quantitative estimate of drug-likeness (QED) is 0.908. The topological polar surface area (TPSA) is 62.1 Å². The highest BCUT2D eigenvalue weighted by Crippen LogP contribution is 2.41. The van der Waals surface area contributed by atoms with Gasteiger partial charge in [-0.25, -0.2) is 0 Å². The summed E-state index contributed by atoms with van der Waals surface area (Å²) in [7, 11) is 1.39. The van der Waals surface area contributed by atoms with E-state index in [9.17, 15) is 23.1 Å². The van der Waals surface area contributed by atoms with Gasteiger partial charge in [0.2, 0.25) is 0 Å². The van der Waals surface area contributed by atoms with E-state index in [1.807, 2.05) is 0 Å². The fraction of sp³-hybridized carbons (Fsp3) is 0.429. The number of alkyl halides is 3. The largest absolute Gasteiger partial charge is 0.438 e. The van der Waals surface area contributed by atoms with E-state index in [0.717, 1.165) is 0 Å². The number of amides is 1. The van der Waals surface area contributed by atoms with Gasteiger partial charge in [-0.2, -0.15) is 23.3 Å². The summed E-state index contributed by atoms with van der Waals surface area (Å²) in [4.78, 5) is 12.3. The van der Waals surface area contributed by atoms with Gasteiger partial charge in [-0.15, -0.1) is 0 Å². The number of hydrazone groups is 1. The van der Waals surface area contributed by atoms with Crippen LogP contribution in [0, 0.1) is 0 Å². The Hall–Kier alpha value is -1.64. The summed E-state index contributed by atoms with van der Waals surface area (Å²) in [5.74, 6) is -1.06. The predicted octanol–water partition coefficient (Wildman–Crippen LogP) is 2.83. The third kappa shape index (κ3) is 3.49. The maximum absolute atomic E-state index is 13.3. The molecule has 1 aliphatic heterocycles. The number of rotatable bonds is 4. The van der Waals surface area contributed by atoms with Gasteiger partial charge in [-0.05, 0) is 24.3 Å². The first-order valence-electron chi connectivity index (χ1n) is 6.63. The van der Waals surface area contributed by atoms with Crippen LogP contribution in [0.3, 0.4) is 0 Å². The molecule has 23 heavy (non-hydrogen) atoms. The molecular weight excluding hydrogens is 337 g/mol. The number of hydrogen-bond acceptors (Lipinski definition) is 4. The molecule has 0 radical (unpaired) electrons. The van der Waals surface area contributed by atoms with Crippen LogP contribution in [0.2, 0.25) is 5.02 Å². The number of carbonyl (C=O) groups is 1. The van der Waals surface area contributed by atoms with E-state index in [4.69, 9.17) is 16.3 Å². The van der Waals surface area contributed by atoms with Crippen molar-refractivity contribution in [3.8, 4) is 0 Å². The summed E-state index contributed by atoms with van der Waals surface area (Å²) in [6, 6.07) is 5.27. The van der Waals surface area contributed by atoms with Gasteiger partial charge in [0.1, 0.15) is 0 Å². The molecule has 0 saturated heterocycles. The molecule has 1 N–H and O–H groups in total. The molecule has 2 rings (SSSR count). The van der Waals surface area contributed by atoms with E-state index in [2.05, 4.69) is 5.10 Å². The molecule has 0 aliphatic carbocycles. The zero-order valence-electron chi connectivity index (χ0n) is 12.1. The summed E-state index contributed by atoms with van der Waals surface area (Å²) < 4.78 is 44.6. The van der Waals surface area contributed by atoms with Gasteiger partial charge in [-0.1, -0.05) is 11.6 Å². The molecule has 1 aromatic rings. The fourth-order valence-electron chi connectivity index (χ4n) is 2.13. The molecule has 0 saturated carbocycles. The van der Waals surface area contributed by atoms with Crippen LogP contribution in [0.25, 0.3) is 0 Å². The van der Waals surface area contributed by atoms with E-state index in [1.165, 1.54) is 31.4 Å². The van der Waals surface area contributed by atoms with Crippen LogP contribution in [0.4, 0.5) is 13.2 Å². The average molecular weight is 351 g/mol. The van der Waals surface area contributed by atoms with Gasteiger partial charge >= 0.3 is 6.18 Å². The van der Waals surface area contributed by atoms with E-state index in [0.29, 0.717) is 5.02 Å². The minimum absolute atomic E-state index is 0.0361. The van der Waals surface area contributed by atoms with Crippen molar-refractivity contribution in [3.63, 3.8) is 0 Å². The van der Waals surface area contributed by atoms with Crippen molar-refractivity contribution in [1.29, 1.82) is 0 Å². The summed E-state index contributed by atoms with van der Waals surface area (Å²) in [5, 5.41) is 14.1. The predicted molar refractivity (Wildman–Crippen MR) is 77.2 cm³/mol. The molecule has 0 unspecified atom stereocenters. The van der Waals surface area contributed by atoms with E-state index in [-0.39, 0.29) is 29.3 Å². The molecule has 1 heterocycles. The van der Waals surface area contributed by atoms with Gasteiger partial charge in [0.15, 0.2) is 0 Å². The molecule has 9 heteroatoms. The highest BCUT2D eigenvalue weighted by atomic mass is 35.5. The van der Waals surface area contributed by atoms with Crippen LogP contribution in [-0.2, 0) is 4.74 Å². The Labute approximate surface area is 135 Å². The highest BCUT2D eigenvalue weighted by Gasteiger charge is 2.63. The Morgan fingerprint density at radius 3 is 2.57 bits per heavy atom. The maximum Gasteiger partial charge on any atom is 0.438 e. The molecule has 1 aliphatic rings. The van der Waals surface area contributed by atoms with E-state index >= 15 is 0 Å². The Bertz CT molecular complexity index is 619. The number of halogens is 4. The van der Waals surface area contributed by atoms with Crippen molar-refractivity contribution in [1.82, 2.24) is 5.01 Å². The van der Waals surface area contributed by atoms with Crippen LogP contribution < -0.4 is 0 Å². The SMILES string of the molecule is COCCC1=NN(C(=O)c2ccc(Cl)cc2)[C@@](O)(C(F)(F)F)C1. The van der Waals surface area contributed by atoms with Crippen molar-refractivity contribution >= 4 is 23.2 Å². The summed E-state index contributed by atoms with van der Waals surface area (Å²) in [5.41, 5.74) is -3.39. The van der Waals surface area contributed by atoms with Crippen molar-refractivity contribution < 1.29 is 27.8 Å². The lowest BCUT2D eigenvalue weighted by Crippen LogP contribution is -2.56. The van der Waals surface area contributed by atoms with Crippen molar-refractivity contribution in [3.05, 3.63) is 34.9 Å². The second-order valence-corrected chi connectivity index (χ2v) is 5.46. The molecule has 126 valence electrons. The monoisotopic (exact) mass is 350 g/mol. The zero-order chi connectivity index (χ0) is 17.3. The number of methoxy groups -OCH3 is 1. The van der Waals surface area contributed by atoms with Gasteiger partial charge in [-0.3, -0.25) is 4.79 Å². The van der Waals surface area contributed by atoms with Gasteiger partial charge < -0.3 is 9.84 Å². The maximum atomic E-state index is 13.3. The smallest absolute Gasteiger partial charge is 0.384 e. The molecule has 0 fully saturated rings. The lowest BCUT2D eigenvalue weighted by molar-refractivity contribution is -0.297. The molecule has 1 amide bonds. The van der Waals surface area contributed by atoms with E-state index in [1.54, 1.807) is 0 Å². The number of hydrogen-bond donors (Lipinski definition) is 1. The second kappa shape index (κ2) is 6.46. The Kier molecular flexibility index (Phi) is 4.98. The first-order chi connectivity index (χ1) is 10.7. The van der Waals surface area contributed by atoms with Crippen LogP contribution in [0.15, 0.2) is 29.4 Å². The Balaban J connectivity index is 2.35. The molecule has 1 aromatic carbocycles. The summed E-state index contributed by atoms with van der Waals surface area (Å²) in [6.45, 7) is 0.135. The van der Waals surface area contributed by atoms with Gasteiger partial charge in [0.25, 0.3) is 11.6 Å². The van der Waals surface area contributed by atoms with Crippen LogP contribution in [-0.4, -0.2) is 47.4 Å². The lowest BCUT2D eigenvalue weighted by atomic mass is 10.0. The molecule has 1 atom stereocenters. The number of nitrogens with zero attached hydrogens (tertiary/aromatic N) is 2. The first-order valence-corrected chi connectivity index (χ1v) is 7.01. The third-order valence-electron chi connectivity index (χ3n) is 3.37. The van der Waals surface area contributed by atoms with Crippen molar-refractivity contribution in [2.75, 3.05) is 13.7 Å². The molecule has 5 nitrogen and oxygen atoms in total. The third-order valence-corrected chi connectivity index (χ3v) is 3.63. The molecular formula is C14H14ClF3N2O3. The number of aliphatic hydroxyl groups is 1. The number of carbonyl (C=O) groups excluding carboxylic acids is 1. The van der Waals surface area contributed by atoms with Gasteiger partial charge in [0.05, 0.1) is 6.61 Å². The fourth-order valence-corrected chi connectivity index (χ4v) is 2.25. The lowest BCUT2D eigenvalue weighted by Gasteiger charge is -2.32. The van der Waals surface area contributed by atoms with Crippen LogP contribution in [0.5, 0.6) is 0 Å². The van der Waals surface area contributed by atoms with Crippen LogP contribution >= 0.6 is 11.6 Å². The normalized spacial score (nSPS) is 21.5. The summed E-state index contributed by atoms with van der Waals surface area (Å²) in [6.07, 6.45) is -5.77. The minimum Gasteiger partial charge on any atom is -0.384 e. The number of benzene rings is 1. The average Bonchev–Trinajstić information content (AvgIpc) is 2.83. The van der Waals surface area contributed by atoms with E-state index < -0.39 is 24.2 Å². The minimum atomic E-state index is -5.05. The molecule has 0 bridgehead atoms. The van der Waals surface area contributed by atoms with Crippen molar-refractivity contribution in [2.24, 2.45) is 5.10 Å². The van der Waals surface area contributed by atoms with Crippen molar-refractivity contribution in [2.45, 2.75) is 24.7 Å². The molecule has 0 aromatic heterocycles. The molecule has 0 spiro atoms. The standard InChI is InChI=1S/C14H14ClF3N2O3/c1-23-7-6-11-8-13(22,14(16,17)18)20(19-11)12(21)9-2-4-10(15)5-3-9/h2-5,22H,6-8H2,1H3/t13-/m0/s1. The Morgan fingerprint density at radius 1 is 1.43 bits per heavy atom. The first kappa shape index (κ1) is 17.7. The zero-order valence-corrected chi connectivity index (χ0v) is 12.9. The second-order valence-electron chi connectivity index (χ2n) is 5.02. The van der Waals surface area contributed by atoms with Gasteiger partial charge in [0, 0.05) is 36.2 Å². The number of ether oxygens (including phenoxy) is 1.